The molecule has 1 fully saturated rings. The monoisotopic (exact) mass is 347 g/mol. The van der Waals surface area contributed by atoms with Crippen LogP contribution in [0.2, 0.25) is 0 Å². The average molecular weight is 347 g/mol. The van der Waals surface area contributed by atoms with E-state index in [2.05, 4.69) is 27.9 Å². The van der Waals surface area contributed by atoms with E-state index in [1.54, 1.807) is 0 Å². The van der Waals surface area contributed by atoms with Crippen molar-refractivity contribution in [2.45, 2.75) is 18.6 Å². The molecule has 1 saturated heterocycles. The molecule has 4 nitrogen and oxygen atoms in total. The minimum absolute atomic E-state index is 0.0232. The van der Waals surface area contributed by atoms with Crippen molar-refractivity contribution in [3.05, 3.63) is 27.8 Å². The number of carbonyl (C=O) groups is 1. The van der Waals surface area contributed by atoms with Crippen molar-refractivity contribution in [2.24, 2.45) is 0 Å². The summed E-state index contributed by atoms with van der Waals surface area (Å²) in [4.78, 5) is 11.3. The molecule has 0 amide bonds. The molecule has 0 bridgehead atoms. The number of benzene rings is 1. The van der Waals surface area contributed by atoms with Crippen LogP contribution >= 0.6 is 22.6 Å². The highest BCUT2D eigenvalue weighted by Gasteiger charge is 2.31. The number of hydrogen-bond donors (Lipinski definition) is 1. The maximum absolute atomic E-state index is 11.3. The summed E-state index contributed by atoms with van der Waals surface area (Å²) in [6.45, 7) is 0.671. The third kappa shape index (κ3) is 3.10. The second-order valence-corrected chi connectivity index (χ2v) is 5.05. The van der Waals surface area contributed by atoms with E-state index in [0.29, 0.717) is 13.0 Å². The average Bonchev–Trinajstić information content (AvgIpc) is 2.80. The minimum atomic E-state index is -0.244. The third-order valence-electron chi connectivity index (χ3n) is 2.71. The van der Waals surface area contributed by atoms with E-state index in [-0.39, 0.29) is 18.1 Å². The molecule has 17 heavy (non-hydrogen) atoms. The first-order valence-corrected chi connectivity index (χ1v) is 6.51. The van der Waals surface area contributed by atoms with Crippen LogP contribution in [0.4, 0.5) is 0 Å². The second-order valence-electron chi connectivity index (χ2n) is 3.89. The highest BCUT2D eigenvalue weighted by molar-refractivity contribution is 14.1. The van der Waals surface area contributed by atoms with Crippen LogP contribution in [0.3, 0.4) is 0 Å². The zero-order valence-electron chi connectivity index (χ0n) is 9.48. The second kappa shape index (κ2) is 5.68. The Morgan fingerprint density at radius 1 is 1.47 bits per heavy atom. The fourth-order valence-corrected chi connectivity index (χ4v) is 2.35. The topological polar surface area (TPSA) is 47.6 Å². The summed E-state index contributed by atoms with van der Waals surface area (Å²) in [5.41, 5.74) is 0. The zero-order chi connectivity index (χ0) is 12.3. The summed E-state index contributed by atoms with van der Waals surface area (Å²) in [6.07, 6.45) is 0.674. The van der Waals surface area contributed by atoms with Gasteiger partial charge in [-0.25, -0.2) is 0 Å². The van der Waals surface area contributed by atoms with Gasteiger partial charge in [-0.1, -0.05) is 12.1 Å². The number of para-hydroxylation sites is 1. The summed E-state index contributed by atoms with van der Waals surface area (Å²) in [7, 11) is 1.40. The lowest BCUT2D eigenvalue weighted by Crippen LogP contribution is -2.31. The number of methoxy groups -OCH3 is 1. The lowest BCUT2D eigenvalue weighted by Gasteiger charge is -2.13. The molecule has 1 aromatic rings. The van der Waals surface area contributed by atoms with Crippen molar-refractivity contribution in [1.82, 2.24) is 5.32 Å². The van der Waals surface area contributed by atoms with Gasteiger partial charge in [-0.15, -0.1) is 0 Å². The van der Waals surface area contributed by atoms with Gasteiger partial charge in [0.1, 0.15) is 17.9 Å². The number of esters is 1. The molecule has 1 N–H and O–H groups in total. The van der Waals surface area contributed by atoms with Gasteiger partial charge < -0.3 is 14.8 Å². The van der Waals surface area contributed by atoms with Gasteiger partial charge in [-0.2, -0.15) is 0 Å². The molecule has 92 valence electrons. The Morgan fingerprint density at radius 3 is 2.94 bits per heavy atom. The molecule has 5 heteroatoms. The van der Waals surface area contributed by atoms with Crippen LogP contribution in [-0.4, -0.2) is 31.8 Å². The van der Waals surface area contributed by atoms with Gasteiger partial charge in [0.05, 0.1) is 10.7 Å². The maximum atomic E-state index is 11.3. The number of ether oxygens (including phenoxy) is 2. The molecule has 0 radical (unpaired) electrons. The SMILES string of the molecule is COC(=O)C1CC(Oc2ccccc2I)CN1. The van der Waals surface area contributed by atoms with E-state index in [1.807, 2.05) is 24.3 Å². The van der Waals surface area contributed by atoms with Crippen molar-refractivity contribution in [3.8, 4) is 5.75 Å². The van der Waals surface area contributed by atoms with Gasteiger partial charge in [0.25, 0.3) is 0 Å². The van der Waals surface area contributed by atoms with Gasteiger partial charge in [0.15, 0.2) is 0 Å². The summed E-state index contributed by atoms with van der Waals surface area (Å²) in [5, 5.41) is 3.10. The first kappa shape index (κ1) is 12.6. The first-order valence-electron chi connectivity index (χ1n) is 5.43. The summed E-state index contributed by atoms with van der Waals surface area (Å²) >= 11 is 2.24. The number of halogens is 1. The van der Waals surface area contributed by atoms with Crippen molar-refractivity contribution >= 4 is 28.6 Å². The number of hydrogen-bond acceptors (Lipinski definition) is 4. The fraction of sp³-hybridized carbons (Fsp3) is 0.417. The Bertz CT molecular complexity index is 410. The number of rotatable bonds is 3. The molecule has 2 unspecified atom stereocenters. The van der Waals surface area contributed by atoms with Crippen LogP contribution in [-0.2, 0) is 9.53 Å². The van der Waals surface area contributed by atoms with Crippen LogP contribution in [0.5, 0.6) is 5.75 Å². The number of nitrogens with one attached hydrogen (secondary N) is 1. The third-order valence-corrected chi connectivity index (χ3v) is 3.60. The van der Waals surface area contributed by atoms with Crippen LogP contribution in [0, 0.1) is 3.57 Å². The molecule has 0 saturated carbocycles. The Labute approximate surface area is 114 Å². The van der Waals surface area contributed by atoms with Gasteiger partial charge >= 0.3 is 5.97 Å². The van der Waals surface area contributed by atoms with E-state index in [9.17, 15) is 4.79 Å². The molecule has 1 aliphatic rings. The Morgan fingerprint density at radius 2 is 2.24 bits per heavy atom. The predicted octanol–water partition coefficient (Wildman–Crippen LogP) is 1.57. The summed E-state index contributed by atoms with van der Waals surface area (Å²) in [6, 6.07) is 7.60. The van der Waals surface area contributed by atoms with Crippen molar-refractivity contribution in [3.63, 3.8) is 0 Å². The standard InChI is InChI=1S/C12H14INO3/c1-16-12(15)10-6-8(7-14-10)17-11-5-3-2-4-9(11)13/h2-5,8,10,14H,6-7H2,1H3. The maximum Gasteiger partial charge on any atom is 0.323 e. The van der Waals surface area contributed by atoms with E-state index in [0.717, 1.165) is 9.32 Å². The molecular formula is C12H14INO3. The van der Waals surface area contributed by atoms with Gasteiger partial charge in [0.2, 0.25) is 0 Å². The smallest absolute Gasteiger partial charge is 0.323 e. The normalized spacial score (nSPS) is 23.4. The molecule has 1 aromatic carbocycles. The van der Waals surface area contributed by atoms with Crippen molar-refractivity contribution in [2.75, 3.05) is 13.7 Å². The Kier molecular flexibility index (Phi) is 4.22. The van der Waals surface area contributed by atoms with Gasteiger partial charge in [-0.05, 0) is 34.7 Å². The molecule has 0 aliphatic carbocycles. The largest absolute Gasteiger partial charge is 0.488 e. The summed E-state index contributed by atoms with van der Waals surface area (Å²) in [5.74, 6) is 0.643. The Balaban J connectivity index is 1.94. The molecule has 2 rings (SSSR count). The van der Waals surface area contributed by atoms with Crippen molar-refractivity contribution < 1.29 is 14.3 Å². The van der Waals surface area contributed by atoms with Crippen LogP contribution in [0.15, 0.2) is 24.3 Å². The predicted molar refractivity (Wildman–Crippen MR) is 72.0 cm³/mol. The highest BCUT2D eigenvalue weighted by atomic mass is 127. The highest BCUT2D eigenvalue weighted by Crippen LogP contribution is 2.23. The number of carbonyl (C=O) groups excluding carboxylic acids is 1. The summed E-state index contributed by atoms with van der Waals surface area (Å²) < 4.78 is 11.6. The fourth-order valence-electron chi connectivity index (χ4n) is 1.83. The van der Waals surface area contributed by atoms with Crippen molar-refractivity contribution in [1.29, 1.82) is 0 Å². The van der Waals surface area contributed by atoms with Crippen LogP contribution < -0.4 is 10.1 Å². The zero-order valence-corrected chi connectivity index (χ0v) is 11.6. The quantitative estimate of drug-likeness (QED) is 0.666. The molecule has 0 aromatic heterocycles. The van der Waals surface area contributed by atoms with E-state index in [1.165, 1.54) is 7.11 Å². The van der Waals surface area contributed by atoms with Crippen LogP contribution in [0.1, 0.15) is 6.42 Å². The van der Waals surface area contributed by atoms with Gasteiger partial charge in [0, 0.05) is 13.0 Å². The molecule has 0 spiro atoms. The first-order chi connectivity index (χ1) is 8.20. The Hall–Kier alpha value is -0.820. The van der Waals surface area contributed by atoms with Crippen LogP contribution in [0.25, 0.3) is 0 Å². The minimum Gasteiger partial charge on any atom is -0.488 e. The van der Waals surface area contributed by atoms with E-state index < -0.39 is 0 Å². The van der Waals surface area contributed by atoms with E-state index in [4.69, 9.17) is 9.47 Å². The molecule has 2 atom stereocenters. The molecule has 1 aliphatic heterocycles. The van der Waals surface area contributed by atoms with E-state index >= 15 is 0 Å². The molecule has 1 heterocycles. The lowest BCUT2D eigenvalue weighted by molar-refractivity contribution is -0.142. The molecular weight excluding hydrogens is 333 g/mol. The lowest BCUT2D eigenvalue weighted by atomic mass is 10.2. The van der Waals surface area contributed by atoms with Gasteiger partial charge in [-0.3, -0.25) is 4.79 Å².